The molecule has 0 atom stereocenters. The van der Waals surface area contributed by atoms with Crippen LogP contribution in [0.2, 0.25) is 0 Å². The van der Waals surface area contributed by atoms with Gasteiger partial charge in [-0.05, 0) is 33.2 Å². The molecule has 0 aliphatic heterocycles. The van der Waals surface area contributed by atoms with E-state index in [2.05, 4.69) is 31.1 Å². The predicted octanol–water partition coefficient (Wildman–Crippen LogP) is 3.05. The summed E-state index contributed by atoms with van der Waals surface area (Å²) in [5.74, 6) is 0.491. The zero-order chi connectivity index (χ0) is 11.0. The number of nitrogens with zero attached hydrogens (tertiary/aromatic N) is 3. The van der Waals surface area contributed by atoms with Gasteiger partial charge in [-0.3, -0.25) is 4.98 Å². The average Bonchev–Trinajstić information content (AvgIpc) is 2.75. The second-order valence-corrected chi connectivity index (χ2v) is 3.95. The van der Waals surface area contributed by atoms with E-state index < -0.39 is 0 Å². The van der Waals surface area contributed by atoms with Gasteiger partial charge in [0.25, 0.3) is 5.89 Å². The fourth-order valence-electron chi connectivity index (χ4n) is 1.60. The van der Waals surface area contributed by atoms with Crippen LogP contribution in [-0.4, -0.2) is 15.1 Å². The van der Waals surface area contributed by atoms with Gasteiger partial charge in [-0.25, -0.2) is 0 Å². The molecule has 4 nitrogen and oxygen atoms in total. The standard InChI is InChI=1S/C11H6BrN3O/c12-11-14-10(16-15-11)8-5-6-13-9-4-2-1-3-7(8)9/h1-6H. The third kappa shape index (κ3) is 1.49. The molecular weight excluding hydrogens is 270 g/mol. The second-order valence-electron chi connectivity index (χ2n) is 3.24. The molecule has 0 aliphatic rings. The predicted molar refractivity (Wildman–Crippen MR) is 62.7 cm³/mol. The van der Waals surface area contributed by atoms with Crippen LogP contribution < -0.4 is 0 Å². The van der Waals surface area contributed by atoms with E-state index in [4.69, 9.17) is 4.52 Å². The summed E-state index contributed by atoms with van der Waals surface area (Å²) in [6.07, 6.45) is 1.73. The van der Waals surface area contributed by atoms with E-state index in [0.29, 0.717) is 10.6 Å². The average molecular weight is 276 g/mol. The first-order valence-electron chi connectivity index (χ1n) is 4.68. The van der Waals surface area contributed by atoms with Crippen molar-refractivity contribution >= 4 is 26.8 Å². The van der Waals surface area contributed by atoms with Gasteiger partial charge >= 0.3 is 0 Å². The van der Waals surface area contributed by atoms with Crippen LogP contribution in [0.1, 0.15) is 0 Å². The van der Waals surface area contributed by atoms with Crippen molar-refractivity contribution in [1.82, 2.24) is 15.1 Å². The highest BCUT2D eigenvalue weighted by molar-refractivity contribution is 9.10. The molecule has 0 aliphatic carbocycles. The molecule has 0 N–H and O–H groups in total. The summed E-state index contributed by atoms with van der Waals surface area (Å²) >= 11 is 3.16. The molecule has 0 spiro atoms. The lowest BCUT2D eigenvalue weighted by Crippen LogP contribution is -1.83. The van der Waals surface area contributed by atoms with Gasteiger partial charge in [0.2, 0.25) is 4.73 Å². The Labute approximate surface area is 99.4 Å². The number of hydrogen-bond acceptors (Lipinski definition) is 4. The van der Waals surface area contributed by atoms with Gasteiger partial charge in [0, 0.05) is 11.6 Å². The molecule has 0 unspecified atom stereocenters. The summed E-state index contributed by atoms with van der Waals surface area (Å²) in [6, 6.07) is 9.70. The highest BCUT2D eigenvalue weighted by Crippen LogP contribution is 2.26. The Bertz CT molecular complexity index is 645. The van der Waals surface area contributed by atoms with Gasteiger partial charge in [0.15, 0.2) is 0 Å². The molecular formula is C11H6BrN3O. The Balaban J connectivity index is 2.31. The Morgan fingerprint density at radius 2 is 2.00 bits per heavy atom. The largest absolute Gasteiger partial charge is 0.333 e. The number of pyridine rings is 1. The molecule has 0 bridgehead atoms. The van der Waals surface area contributed by atoms with E-state index in [9.17, 15) is 0 Å². The molecule has 2 aromatic heterocycles. The molecule has 0 amide bonds. The van der Waals surface area contributed by atoms with E-state index in [1.54, 1.807) is 6.20 Å². The molecule has 0 fully saturated rings. The van der Waals surface area contributed by atoms with Crippen LogP contribution in [0.3, 0.4) is 0 Å². The molecule has 0 saturated heterocycles. The molecule has 0 radical (unpaired) electrons. The quantitative estimate of drug-likeness (QED) is 0.685. The summed E-state index contributed by atoms with van der Waals surface area (Å²) in [5, 5.41) is 4.71. The fourth-order valence-corrected chi connectivity index (χ4v) is 1.83. The summed E-state index contributed by atoms with van der Waals surface area (Å²) < 4.78 is 5.57. The maximum atomic E-state index is 5.12. The van der Waals surface area contributed by atoms with Crippen LogP contribution in [0.25, 0.3) is 22.4 Å². The molecule has 3 rings (SSSR count). The van der Waals surface area contributed by atoms with Crippen LogP contribution in [-0.2, 0) is 0 Å². The number of fused-ring (bicyclic) bond motifs is 1. The molecule has 5 heteroatoms. The molecule has 0 saturated carbocycles. The Morgan fingerprint density at radius 3 is 2.81 bits per heavy atom. The lowest BCUT2D eigenvalue weighted by Gasteiger charge is -2.00. The van der Waals surface area contributed by atoms with E-state index in [1.165, 1.54) is 0 Å². The van der Waals surface area contributed by atoms with E-state index in [0.717, 1.165) is 16.5 Å². The third-order valence-electron chi connectivity index (χ3n) is 2.28. The van der Waals surface area contributed by atoms with Crippen molar-refractivity contribution < 1.29 is 4.52 Å². The number of para-hydroxylation sites is 1. The zero-order valence-corrected chi connectivity index (χ0v) is 9.68. The Hall–Kier alpha value is -1.75. The minimum atomic E-state index is 0.448. The number of benzene rings is 1. The van der Waals surface area contributed by atoms with Gasteiger partial charge in [0.1, 0.15) is 0 Å². The summed E-state index contributed by atoms with van der Waals surface area (Å²) in [5.41, 5.74) is 1.80. The van der Waals surface area contributed by atoms with Crippen molar-refractivity contribution in [2.75, 3.05) is 0 Å². The summed E-state index contributed by atoms with van der Waals surface area (Å²) in [7, 11) is 0. The number of rotatable bonds is 1. The number of hydrogen-bond donors (Lipinski definition) is 0. The SMILES string of the molecule is Brc1noc(-c2ccnc3ccccc23)n1. The van der Waals surface area contributed by atoms with Crippen molar-refractivity contribution in [1.29, 1.82) is 0 Å². The van der Waals surface area contributed by atoms with Gasteiger partial charge in [-0.1, -0.05) is 18.2 Å². The fraction of sp³-hybridized carbons (Fsp3) is 0. The van der Waals surface area contributed by atoms with Crippen molar-refractivity contribution in [2.24, 2.45) is 0 Å². The van der Waals surface area contributed by atoms with Crippen LogP contribution in [0.5, 0.6) is 0 Å². The van der Waals surface area contributed by atoms with Gasteiger partial charge < -0.3 is 4.52 Å². The summed E-state index contributed by atoms with van der Waals surface area (Å²) in [4.78, 5) is 8.41. The molecule has 3 aromatic rings. The highest BCUT2D eigenvalue weighted by atomic mass is 79.9. The lowest BCUT2D eigenvalue weighted by atomic mass is 10.1. The van der Waals surface area contributed by atoms with Crippen LogP contribution in [0.4, 0.5) is 0 Å². The van der Waals surface area contributed by atoms with Crippen LogP contribution in [0.15, 0.2) is 45.8 Å². The van der Waals surface area contributed by atoms with Gasteiger partial charge in [-0.15, -0.1) is 0 Å². The monoisotopic (exact) mass is 275 g/mol. The maximum Gasteiger partial charge on any atom is 0.259 e. The smallest absolute Gasteiger partial charge is 0.259 e. The normalized spacial score (nSPS) is 10.8. The number of halogens is 1. The zero-order valence-electron chi connectivity index (χ0n) is 8.09. The Kier molecular flexibility index (Phi) is 2.18. The molecule has 78 valence electrons. The van der Waals surface area contributed by atoms with E-state index >= 15 is 0 Å². The van der Waals surface area contributed by atoms with Crippen molar-refractivity contribution in [2.45, 2.75) is 0 Å². The van der Waals surface area contributed by atoms with Crippen molar-refractivity contribution in [3.05, 3.63) is 41.3 Å². The van der Waals surface area contributed by atoms with Gasteiger partial charge in [0.05, 0.1) is 11.1 Å². The highest BCUT2D eigenvalue weighted by Gasteiger charge is 2.10. The lowest BCUT2D eigenvalue weighted by molar-refractivity contribution is 0.426. The first kappa shape index (κ1) is 9.47. The first-order valence-corrected chi connectivity index (χ1v) is 5.47. The molecule has 16 heavy (non-hydrogen) atoms. The maximum absolute atomic E-state index is 5.12. The second kappa shape index (κ2) is 3.68. The minimum absolute atomic E-state index is 0.448. The van der Waals surface area contributed by atoms with Crippen molar-refractivity contribution in [3.8, 4) is 11.5 Å². The summed E-state index contributed by atoms with van der Waals surface area (Å²) in [6.45, 7) is 0. The third-order valence-corrected chi connectivity index (χ3v) is 2.60. The van der Waals surface area contributed by atoms with Crippen molar-refractivity contribution in [3.63, 3.8) is 0 Å². The molecule has 2 heterocycles. The molecule has 1 aromatic carbocycles. The topological polar surface area (TPSA) is 51.8 Å². The van der Waals surface area contributed by atoms with Gasteiger partial charge in [-0.2, -0.15) is 4.98 Å². The number of aromatic nitrogens is 3. The Morgan fingerprint density at radius 1 is 1.12 bits per heavy atom. The minimum Gasteiger partial charge on any atom is -0.333 e. The van der Waals surface area contributed by atoms with Crippen LogP contribution in [0, 0.1) is 0 Å². The first-order chi connectivity index (χ1) is 7.84. The van der Waals surface area contributed by atoms with E-state index in [-0.39, 0.29) is 0 Å². The van der Waals surface area contributed by atoms with Crippen LogP contribution >= 0.6 is 15.9 Å². The van der Waals surface area contributed by atoms with E-state index in [1.807, 2.05) is 30.3 Å².